The predicted octanol–water partition coefficient (Wildman–Crippen LogP) is 0.665. The number of hydrogen-bond donors (Lipinski definition) is 1. The fraction of sp³-hybridized carbons (Fsp3) is 0.583. The monoisotopic (exact) mass is 238 g/mol. The molecule has 1 aromatic heterocycles. The first-order chi connectivity index (χ1) is 8.24. The van der Waals surface area contributed by atoms with Crippen molar-refractivity contribution in [1.82, 2.24) is 9.88 Å². The number of pyridine rings is 1. The fourth-order valence-electron chi connectivity index (χ4n) is 2.13. The Labute approximate surface area is 101 Å². The topological polar surface area (TPSA) is 54.8 Å². The summed E-state index contributed by atoms with van der Waals surface area (Å²) in [6.45, 7) is 2.27. The summed E-state index contributed by atoms with van der Waals surface area (Å²) in [4.78, 5) is 6.48. The van der Waals surface area contributed by atoms with Crippen molar-refractivity contribution in [3.05, 3.63) is 18.0 Å². The average Bonchev–Trinajstić information content (AvgIpc) is 2.74. The molecule has 1 fully saturated rings. The summed E-state index contributed by atoms with van der Waals surface area (Å²) in [5.74, 6) is 1.37. The third-order valence-electron chi connectivity index (χ3n) is 2.99. The second-order valence-electron chi connectivity index (χ2n) is 4.17. The number of nitrogens with zero attached hydrogens (tertiary/aromatic N) is 2. The van der Waals surface area contributed by atoms with E-state index in [4.69, 9.17) is 9.47 Å². The molecule has 1 saturated heterocycles. The van der Waals surface area contributed by atoms with Crippen molar-refractivity contribution in [3.8, 4) is 11.5 Å². The van der Waals surface area contributed by atoms with E-state index in [2.05, 4.69) is 9.88 Å². The first kappa shape index (κ1) is 12.1. The Bertz CT molecular complexity index is 384. The number of β-amino-alcohol motifs (C(OH)–C–C–N with tert-alkyl or cyclic N) is 1. The lowest BCUT2D eigenvalue weighted by molar-refractivity contribution is 0.174. The van der Waals surface area contributed by atoms with Gasteiger partial charge in [-0.2, -0.15) is 0 Å². The molecule has 2 rings (SSSR count). The molecule has 0 amide bonds. The van der Waals surface area contributed by atoms with E-state index in [-0.39, 0.29) is 6.10 Å². The SMILES string of the molecule is COc1ccnc(CN2CCC(O)C2)c1OC. The molecule has 0 saturated carbocycles. The van der Waals surface area contributed by atoms with Crippen LogP contribution in [-0.4, -0.2) is 48.4 Å². The van der Waals surface area contributed by atoms with Gasteiger partial charge in [-0.3, -0.25) is 9.88 Å². The first-order valence-corrected chi connectivity index (χ1v) is 5.71. The van der Waals surface area contributed by atoms with Crippen LogP contribution < -0.4 is 9.47 Å². The molecule has 2 heterocycles. The van der Waals surface area contributed by atoms with Crippen LogP contribution in [0, 0.1) is 0 Å². The summed E-state index contributed by atoms with van der Waals surface area (Å²) in [6, 6.07) is 1.78. The number of hydrogen-bond acceptors (Lipinski definition) is 5. The van der Waals surface area contributed by atoms with E-state index in [1.54, 1.807) is 26.5 Å². The van der Waals surface area contributed by atoms with Crippen LogP contribution >= 0.6 is 0 Å². The van der Waals surface area contributed by atoms with E-state index < -0.39 is 0 Å². The quantitative estimate of drug-likeness (QED) is 0.835. The van der Waals surface area contributed by atoms with Gasteiger partial charge in [-0.1, -0.05) is 0 Å². The zero-order chi connectivity index (χ0) is 12.3. The van der Waals surface area contributed by atoms with Gasteiger partial charge in [-0.05, 0) is 6.42 Å². The Hall–Kier alpha value is -1.33. The smallest absolute Gasteiger partial charge is 0.183 e. The lowest BCUT2D eigenvalue weighted by Gasteiger charge is -2.17. The van der Waals surface area contributed by atoms with Crippen molar-refractivity contribution in [1.29, 1.82) is 0 Å². The van der Waals surface area contributed by atoms with Gasteiger partial charge < -0.3 is 14.6 Å². The van der Waals surface area contributed by atoms with Gasteiger partial charge in [0.25, 0.3) is 0 Å². The van der Waals surface area contributed by atoms with Crippen LogP contribution in [-0.2, 0) is 6.54 Å². The number of ether oxygens (including phenoxy) is 2. The predicted molar refractivity (Wildman–Crippen MR) is 63.2 cm³/mol. The Morgan fingerprint density at radius 1 is 1.47 bits per heavy atom. The van der Waals surface area contributed by atoms with Gasteiger partial charge >= 0.3 is 0 Å². The Morgan fingerprint density at radius 2 is 2.29 bits per heavy atom. The number of rotatable bonds is 4. The second kappa shape index (κ2) is 5.33. The maximum absolute atomic E-state index is 9.49. The first-order valence-electron chi connectivity index (χ1n) is 5.71. The lowest BCUT2D eigenvalue weighted by atomic mass is 10.3. The van der Waals surface area contributed by atoms with Crippen LogP contribution in [0.5, 0.6) is 11.5 Å². The molecule has 94 valence electrons. The highest BCUT2D eigenvalue weighted by atomic mass is 16.5. The number of likely N-dealkylation sites (tertiary alicyclic amines) is 1. The van der Waals surface area contributed by atoms with Crippen LogP contribution in [0.1, 0.15) is 12.1 Å². The number of aliphatic hydroxyl groups is 1. The molecular formula is C12H18N2O3. The number of aromatic nitrogens is 1. The standard InChI is InChI=1S/C12H18N2O3/c1-16-11-3-5-13-10(12(11)17-2)8-14-6-4-9(15)7-14/h3,5,9,15H,4,6-8H2,1-2H3. The van der Waals surface area contributed by atoms with Crippen molar-refractivity contribution in [2.24, 2.45) is 0 Å². The van der Waals surface area contributed by atoms with Gasteiger partial charge in [0.1, 0.15) is 5.69 Å². The minimum absolute atomic E-state index is 0.216. The van der Waals surface area contributed by atoms with Gasteiger partial charge in [0.2, 0.25) is 0 Å². The Kier molecular flexibility index (Phi) is 3.81. The summed E-state index contributed by atoms with van der Waals surface area (Å²) in [5, 5.41) is 9.49. The van der Waals surface area contributed by atoms with Crippen molar-refractivity contribution >= 4 is 0 Å². The molecule has 0 spiro atoms. The lowest BCUT2D eigenvalue weighted by Crippen LogP contribution is -2.22. The zero-order valence-electron chi connectivity index (χ0n) is 10.2. The highest BCUT2D eigenvalue weighted by Crippen LogP contribution is 2.30. The zero-order valence-corrected chi connectivity index (χ0v) is 10.2. The molecule has 5 heteroatoms. The third kappa shape index (κ3) is 2.68. The molecule has 0 aliphatic carbocycles. The summed E-state index contributed by atoms with van der Waals surface area (Å²) >= 11 is 0. The maximum Gasteiger partial charge on any atom is 0.183 e. The molecule has 0 bridgehead atoms. The molecule has 0 aromatic carbocycles. The fourth-order valence-corrected chi connectivity index (χ4v) is 2.13. The summed E-state index contributed by atoms with van der Waals surface area (Å²) in [6.07, 6.45) is 2.32. The summed E-state index contributed by atoms with van der Waals surface area (Å²) < 4.78 is 10.6. The van der Waals surface area contributed by atoms with E-state index in [0.29, 0.717) is 24.6 Å². The van der Waals surface area contributed by atoms with Crippen molar-refractivity contribution in [2.45, 2.75) is 19.1 Å². The summed E-state index contributed by atoms with van der Waals surface area (Å²) in [5.41, 5.74) is 0.848. The number of aliphatic hydroxyl groups excluding tert-OH is 1. The van der Waals surface area contributed by atoms with Crippen molar-refractivity contribution in [2.75, 3.05) is 27.3 Å². The second-order valence-corrected chi connectivity index (χ2v) is 4.17. The third-order valence-corrected chi connectivity index (χ3v) is 2.99. The van der Waals surface area contributed by atoms with E-state index >= 15 is 0 Å². The van der Waals surface area contributed by atoms with Gasteiger partial charge in [0, 0.05) is 31.9 Å². The molecule has 1 atom stereocenters. The molecule has 1 aromatic rings. The number of methoxy groups -OCH3 is 2. The Balaban J connectivity index is 2.14. The van der Waals surface area contributed by atoms with Gasteiger partial charge in [-0.25, -0.2) is 0 Å². The van der Waals surface area contributed by atoms with E-state index in [1.807, 2.05) is 0 Å². The maximum atomic E-state index is 9.49. The normalized spacial score (nSPS) is 20.5. The van der Waals surface area contributed by atoms with Gasteiger partial charge in [0.05, 0.1) is 20.3 Å². The molecule has 0 radical (unpaired) electrons. The van der Waals surface area contributed by atoms with Gasteiger partial charge in [0.15, 0.2) is 11.5 Å². The Morgan fingerprint density at radius 3 is 2.88 bits per heavy atom. The minimum atomic E-state index is -0.216. The van der Waals surface area contributed by atoms with Crippen molar-refractivity contribution < 1.29 is 14.6 Å². The molecule has 1 aliphatic rings. The van der Waals surface area contributed by atoms with Crippen LogP contribution in [0.2, 0.25) is 0 Å². The van der Waals surface area contributed by atoms with Crippen LogP contribution in [0.25, 0.3) is 0 Å². The minimum Gasteiger partial charge on any atom is -0.493 e. The van der Waals surface area contributed by atoms with Crippen molar-refractivity contribution in [3.63, 3.8) is 0 Å². The molecule has 5 nitrogen and oxygen atoms in total. The molecule has 1 N–H and O–H groups in total. The summed E-state index contributed by atoms with van der Waals surface area (Å²) in [7, 11) is 3.23. The van der Waals surface area contributed by atoms with Crippen LogP contribution in [0.3, 0.4) is 0 Å². The van der Waals surface area contributed by atoms with Crippen LogP contribution in [0.4, 0.5) is 0 Å². The van der Waals surface area contributed by atoms with Gasteiger partial charge in [-0.15, -0.1) is 0 Å². The van der Waals surface area contributed by atoms with E-state index in [9.17, 15) is 5.11 Å². The molecule has 17 heavy (non-hydrogen) atoms. The molecule has 1 aliphatic heterocycles. The highest BCUT2D eigenvalue weighted by Gasteiger charge is 2.22. The van der Waals surface area contributed by atoms with Crippen LogP contribution in [0.15, 0.2) is 12.3 Å². The highest BCUT2D eigenvalue weighted by molar-refractivity contribution is 5.42. The largest absolute Gasteiger partial charge is 0.493 e. The molecule has 1 unspecified atom stereocenters. The van der Waals surface area contributed by atoms with E-state index in [1.165, 1.54) is 0 Å². The molecular weight excluding hydrogens is 220 g/mol. The van der Waals surface area contributed by atoms with E-state index in [0.717, 1.165) is 18.7 Å². The average molecular weight is 238 g/mol.